The first kappa shape index (κ1) is 24.0. The van der Waals surface area contributed by atoms with Crippen molar-refractivity contribution in [3.8, 4) is 11.3 Å². The zero-order valence-corrected chi connectivity index (χ0v) is 20.0. The van der Waals surface area contributed by atoms with Crippen LogP contribution in [-0.2, 0) is 9.59 Å². The van der Waals surface area contributed by atoms with Crippen molar-refractivity contribution in [2.24, 2.45) is 11.7 Å². The summed E-state index contributed by atoms with van der Waals surface area (Å²) >= 11 is 0. The molecule has 2 aromatic rings. The van der Waals surface area contributed by atoms with Crippen molar-refractivity contribution in [2.75, 3.05) is 57.8 Å². The molecule has 2 aliphatic rings. The van der Waals surface area contributed by atoms with Gasteiger partial charge in [0.1, 0.15) is 0 Å². The van der Waals surface area contributed by atoms with E-state index >= 15 is 0 Å². The van der Waals surface area contributed by atoms with Crippen molar-refractivity contribution >= 4 is 17.8 Å². The third-order valence-corrected chi connectivity index (χ3v) is 6.90. The van der Waals surface area contributed by atoms with Gasteiger partial charge in [-0.25, -0.2) is 4.98 Å². The predicted octanol–water partition coefficient (Wildman–Crippen LogP) is 0.281. The number of piperidine rings is 1. The van der Waals surface area contributed by atoms with Crippen molar-refractivity contribution < 1.29 is 9.59 Å². The average molecular weight is 467 g/mol. The quantitative estimate of drug-likeness (QED) is 0.597. The lowest BCUT2D eigenvalue weighted by Gasteiger charge is -2.43. The second kappa shape index (κ2) is 10.9. The highest BCUT2D eigenvalue weighted by Crippen LogP contribution is 2.26. The van der Waals surface area contributed by atoms with Crippen molar-refractivity contribution in [1.82, 2.24) is 30.3 Å². The number of carbonyl (C=O) groups excluding carboxylic acids is 2. The summed E-state index contributed by atoms with van der Waals surface area (Å²) in [6, 6.07) is 7.91. The van der Waals surface area contributed by atoms with Gasteiger partial charge in [0.2, 0.25) is 17.8 Å². The Morgan fingerprint density at radius 1 is 1.09 bits per heavy atom. The number of piperazine rings is 1. The molecule has 3 heterocycles. The lowest BCUT2D eigenvalue weighted by molar-refractivity contribution is -0.127. The number of aryl methyl sites for hydroxylation is 1. The molecule has 4 rings (SSSR count). The molecule has 0 aliphatic carbocycles. The van der Waals surface area contributed by atoms with Crippen LogP contribution in [0.5, 0.6) is 0 Å². The third-order valence-electron chi connectivity index (χ3n) is 6.90. The highest BCUT2D eigenvalue weighted by molar-refractivity contribution is 5.80. The summed E-state index contributed by atoms with van der Waals surface area (Å²) < 4.78 is 0. The van der Waals surface area contributed by atoms with Gasteiger partial charge in [0.25, 0.3) is 0 Å². The van der Waals surface area contributed by atoms with Crippen LogP contribution >= 0.6 is 0 Å². The highest BCUT2D eigenvalue weighted by atomic mass is 16.2. The van der Waals surface area contributed by atoms with Gasteiger partial charge in [-0.1, -0.05) is 29.8 Å². The van der Waals surface area contributed by atoms with Crippen LogP contribution in [0.3, 0.4) is 0 Å². The minimum Gasteiger partial charge on any atom is -0.368 e. The topological polar surface area (TPSA) is 121 Å². The number of hydrogen-bond donors (Lipinski definition) is 2. The number of nitrogens with zero attached hydrogens (tertiary/aromatic N) is 6. The van der Waals surface area contributed by atoms with E-state index in [9.17, 15) is 9.59 Å². The number of likely N-dealkylation sites (N-methyl/N-ethyl adjacent to an activating group) is 1. The van der Waals surface area contributed by atoms with Gasteiger partial charge in [0.05, 0.1) is 24.5 Å². The highest BCUT2D eigenvalue weighted by Gasteiger charge is 2.36. The molecule has 0 saturated carbocycles. The zero-order valence-electron chi connectivity index (χ0n) is 20.0. The van der Waals surface area contributed by atoms with E-state index in [1.165, 1.54) is 5.56 Å². The van der Waals surface area contributed by atoms with Crippen LogP contribution in [0.15, 0.2) is 30.5 Å². The molecular formula is C24H34N8O2. The van der Waals surface area contributed by atoms with Crippen LogP contribution in [0.2, 0.25) is 0 Å². The fourth-order valence-corrected chi connectivity index (χ4v) is 4.91. The van der Waals surface area contributed by atoms with Gasteiger partial charge in [-0.05, 0) is 38.8 Å². The molecule has 0 radical (unpaired) electrons. The molecule has 2 saturated heterocycles. The fourth-order valence-electron chi connectivity index (χ4n) is 4.91. The molecule has 0 spiro atoms. The van der Waals surface area contributed by atoms with Crippen molar-refractivity contribution in [1.29, 1.82) is 0 Å². The number of carbonyl (C=O) groups is 2. The summed E-state index contributed by atoms with van der Waals surface area (Å²) in [6.07, 6.45) is 3.40. The minimum absolute atomic E-state index is 0.0178. The van der Waals surface area contributed by atoms with Crippen LogP contribution in [0.25, 0.3) is 11.3 Å². The molecular weight excluding hydrogens is 432 g/mol. The van der Waals surface area contributed by atoms with Gasteiger partial charge in [-0.15, -0.1) is 5.10 Å². The second-order valence-electron chi connectivity index (χ2n) is 9.16. The number of hydrogen-bond acceptors (Lipinski definition) is 8. The number of rotatable bonds is 7. The van der Waals surface area contributed by atoms with E-state index in [1.54, 1.807) is 13.2 Å². The van der Waals surface area contributed by atoms with Gasteiger partial charge in [0, 0.05) is 38.8 Å². The molecule has 2 amide bonds. The first-order chi connectivity index (χ1) is 16.4. The number of benzene rings is 1. The van der Waals surface area contributed by atoms with E-state index in [0.29, 0.717) is 38.7 Å². The fraction of sp³-hybridized carbons (Fsp3) is 0.542. The van der Waals surface area contributed by atoms with Gasteiger partial charge < -0.3 is 16.0 Å². The molecule has 1 atom stereocenters. The molecule has 1 aromatic heterocycles. The Kier molecular flexibility index (Phi) is 7.69. The van der Waals surface area contributed by atoms with E-state index < -0.39 is 0 Å². The van der Waals surface area contributed by atoms with Crippen LogP contribution in [0.1, 0.15) is 18.4 Å². The maximum Gasteiger partial charge on any atom is 0.245 e. The van der Waals surface area contributed by atoms with Crippen molar-refractivity contribution in [3.05, 3.63) is 36.0 Å². The lowest BCUT2D eigenvalue weighted by atomic mass is 9.87. The van der Waals surface area contributed by atoms with Gasteiger partial charge in [0.15, 0.2) is 0 Å². The Morgan fingerprint density at radius 3 is 2.38 bits per heavy atom. The zero-order chi connectivity index (χ0) is 24.1. The number of nitrogens with two attached hydrogens (primary N) is 1. The standard InChI is InChI=1S/C24H34N8O2/c1-17-3-5-18(6-4-17)20-15-27-29-24(28-20)32-13-11-31(12-14-32)22(23(25)34)19-7-9-30(10-8-19)16-21(33)26-2/h3-6,15,19,22H,7-14,16H2,1-2H3,(H2,25,34)(H,26,33). The summed E-state index contributed by atoms with van der Waals surface area (Å²) in [5, 5.41) is 11.1. The van der Waals surface area contributed by atoms with Crippen LogP contribution in [-0.4, -0.2) is 95.7 Å². The van der Waals surface area contributed by atoms with Gasteiger partial charge in [-0.3, -0.25) is 19.4 Å². The third kappa shape index (κ3) is 5.68. The predicted molar refractivity (Wildman–Crippen MR) is 130 cm³/mol. The smallest absolute Gasteiger partial charge is 0.245 e. The number of nitrogens with one attached hydrogen (secondary N) is 1. The van der Waals surface area contributed by atoms with E-state index in [1.807, 2.05) is 12.1 Å². The van der Waals surface area contributed by atoms with Crippen LogP contribution < -0.4 is 16.0 Å². The van der Waals surface area contributed by atoms with Crippen LogP contribution in [0, 0.1) is 12.8 Å². The maximum absolute atomic E-state index is 12.4. The number of amides is 2. The molecule has 182 valence electrons. The van der Waals surface area contributed by atoms with Crippen molar-refractivity contribution in [2.45, 2.75) is 25.8 Å². The molecule has 34 heavy (non-hydrogen) atoms. The number of anilines is 1. The molecule has 0 bridgehead atoms. The second-order valence-corrected chi connectivity index (χ2v) is 9.16. The summed E-state index contributed by atoms with van der Waals surface area (Å²) in [4.78, 5) is 35.3. The first-order valence-corrected chi connectivity index (χ1v) is 11.9. The minimum atomic E-state index is -0.290. The van der Waals surface area contributed by atoms with E-state index in [4.69, 9.17) is 10.7 Å². The Morgan fingerprint density at radius 2 is 1.76 bits per heavy atom. The molecule has 2 aliphatic heterocycles. The molecule has 1 aromatic carbocycles. The van der Waals surface area contributed by atoms with Crippen molar-refractivity contribution in [3.63, 3.8) is 0 Å². The summed E-state index contributed by atoms with van der Waals surface area (Å²) in [7, 11) is 1.65. The lowest BCUT2D eigenvalue weighted by Crippen LogP contribution is -2.58. The SMILES string of the molecule is CNC(=O)CN1CCC(C(C(N)=O)N2CCN(c3nncc(-c4ccc(C)cc4)n3)CC2)CC1. The molecule has 10 nitrogen and oxygen atoms in total. The maximum atomic E-state index is 12.4. The molecule has 1 unspecified atom stereocenters. The van der Waals surface area contributed by atoms with Gasteiger partial charge >= 0.3 is 0 Å². The molecule has 3 N–H and O–H groups in total. The summed E-state index contributed by atoms with van der Waals surface area (Å²) in [6.45, 7) is 6.89. The number of primary amides is 1. The molecule has 10 heteroatoms. The summed E-state index contributed by atoms with van der Waals surface area (Å²) in [5.74, 6) is 0.560. The van der Waals surface area contributed by atoms with E-state index in [0.717, 1.165) is 37.2 Å². The Balaban J connectivity index is 1.36. The monoisotopic (exact) mass is 466 g/mol. The molecule has 2 fully saturated rings. The largest absolute Gasteiger partial charge is 0.368 e. The van der Waals surface area contributed by atoms with E-state index in [-0.39, 0.29) is 23.8 Å². The average Bonchev–Trinajstić information content (AvgIpc) is 2.86. The van der Waals surface area contributed by atoms with E-state index in [2.05, 4.69) is 49.3 Å². The number of likely N-dealkylation sites (tertiary alicyclic amines) is 1. The normalized spacial score (nSPS) is 19.1. The number of aromatic nitrogens is 3. The first-order valence-electron chi connectivity index (χ1n) is 11.9. The Bertz CT molecular complexity index is 983. The van der Waals surface area contributed by atoms with Gasteiger partial charge in [-0.2, -0.15) is 5.10 Å². The Labute approximate surface area is 200 Å². The Hall–Kier alpha value is -3.11. The van der Waals surface area contributed by atoms with Crippen LogP contribution in [0.4, 0.5) is 5.95 Å². The summed E-state index contributed by atoms with van der Waals surface area (Å²) in [5.41, 5.74) is 8.87.